The minimum Gasteiger partial charge on any atom is -0.490 e. The average molecular weight is 752 g/mol. The lowest BCUT2D eigenvalue weighted by molar-refractivity contribution is -0.143. The number of nitrogens with zero attached hydrogens (tertiary/aromatic N) is 3. The second-order valence-corrected chi connectivity index (χ2v) is 11.8. The Morgan fingerprint density at radius 3 is 2.08 bits per heavy atom. The van der Waals surface area contributed by atoms with Crippen molar-refractivity contribution >= 4 is 23.6 Å². The fourth-order valence-corrected chi connectivity index (χ4v) is 5.78. The zero-order chi connectivity index (χ0) is 38.4. The third kappa shape index (κ3) is 9.98. The molecule has 0 spiro atoms. The summed E-state index contributed by atoms with van der Waals surface area (Å²) in [4.78, 5) is 31.0. The van der Waals surface area contributed by atoms with Crippen LogP contribution in [-0.4, -0.2) is 55.1 Å². The normalized spacial score (nSPS) is 16.3. The summed E-state index contributed by atoms with van der Waals surface area (Å²) in [5, 5.41) is 8.91. The number of hydrogen-bond donors (Lipinski definition) is 1. The highest BCUT2D eigenvalue weighted by atomic mass is 19.4. The number of carboxylic acid groups (broad SMARTS) is 1. The van der Waals surface area contributed by atoms with Crippen molar-refractivity contribution < 1.29 is 68.4 Å². The van der Waals surface area contributed by atoms with Gasteiger partial charge in [-0.2, -0.15) is 39.5 Å². The Hall–Kier alpha value is -4.74. The smallest absolute Gasteiger partial charge is 0.416 e. The summed E-state index contributed by atoms with van der Waals surface area (Å²) < 4.78 is 141. The summed E-state index contributed by atoms with van der Waals surface area (Å²) in [5.41, 5.74) is -4.95. The molecule has 284 valence electrons. The molecule has 1 amide bonds. The van der Waals surface area contributed by atoms with Gasteiger partial charge in [-0.25, -0.2) is 9.78 Å². The Morgan fingerprint density at radius 2 is 1.54 bits per heavy atom. The lowest BCUT2D eigenvalue weighted by Gasteiger charge is -2.44. The molecule has 1 aromatic heterocycles. The van der Waals surface area contributed by atoms with Gasteiger partial charge in [0.15, 0.2) is 0 Å². The summed E-state index contributed by atoms with van der Waals surface area (Å²) in [6, 6.07) is 4.35. The number of anilines is 2. The first-order valence-corrected chi connectivity index (χ1v) is 15.8. The Bertz CT molecular complexity index is 1670. The van der Waals surface area contributed by atoms with Crippen LogP contribution in [0.1, 0.15) is 66.5 Å². The third-order valence-electron chi connectivity index (χ3n) is 8.21. The van der Waals surface area contributed by atoms with Crippen LogP contribution in [0, 0.1) is 0 Å². The van der Waals surface area contributed by atoms with Crippen LogP contribution < -0.4 is 14.5 Å². The molecular weight excluding hydrogens is 717 g/mol. The van der Waals surface area contributed by atoms with E-state index in [2.05, 4.69) is 4.98 Å². The van der Waals surface area contributed by atoms with Crippen LogP contribution >= 0.6 is 0 Å². The van der Waals surface area contributed by atoms with Gasteiger partial charge < -0.3 is 24.2 Å². The lowest BCUT2D eigenvalue weighted by atomic mass is 9.87. The van der Waals surface area contributed by atoms with Gasteiger partial charge >= 0.3 is 30.6 Å². The van der Waals surface area contributed by atoms with Crippen LogP contribution in [0.2, 0.25) is 0 Å². The van der Waals surface area contributed by atoms with E-state index in [-0.39, 0.29) is 74.4 Å². The summed E-state index contributed by atoms with van der Waals surface area (Å²) in [5.74, 6) is -0.941. The molecule has 1 aliphatic rings. The number of hydrogen-bond acceptors (Lipinski definition) is 7. The van der Waals surface area contributed by atoms with Gasteiger partial charge in [-0.05, 0) is 78.9 Å². The van der Waals surface area contributed by atoms with Gasteiger partial charge in [0.1, 0.15) is 18.2 Å². The predicted molar refractivity (Wildman–Crippen MR) is 168 cm³/mol. The van der Waals surface area contributed by atoms with Crippen LogP contribution in [0.5, 0.6) is 5.75 Å². The number of carbonyl (C=O) groups excluding carboxylic acids is 1. The Balaban J connectivity index is 1.89. The second kappa shape index (κ2) is 16.3. The second-order valence-electron chi connectivity index (χ2n) is 11.8. The maximum Gasteiger partial charge on any atom is 0.416 e. The van der Waals surface area contributed by atoms with E-state index in [0.717, 1.165) is 23.1 Å². The third-order valence-corrected chi connectivity index (χ3v) is 8.21. The number of pyridine rings is 1. The molecular formula is C34H34F9N3O6. The highest BCUT2D eigenvalue weighted by molar-refractivity contribution is 5.90. The van der Waals surface area contributed by atoms with Crippen LogP contribution in [0.25, 0.3) is 0 Å². The first-order valence-electron chi connectivity index (χ1n) is 15.8. The maximum absolute atomic E-state index is 14.1. The first-order chi connectivity index (χ1) is 24.3. The summed E-state index contributed by atoms with van der Waals surface area (Å²) in [7, 11) is 1.44. The Labute approximate surface area is 291 Å². The molecule has 0 saturated heterocycles. The van der Waals surface area contributed by atoms with E-state index in [1.807, 2.05) is 0 Å². The number of alkyl halides is 9. The van der Waals surface area contributed by atoms with Gasteiger partial charge in [-0.3, -0.25) is 9.69 Å². The quantitative estimate of drug-likeness (QED) is 0.137. The molecule has 1 aliphatic heterocycles. The van der Waals surface area contributed by atoms with Gasteiger partial charge in [-0.15, -0.1) is 0 Å². The molecule has 0 bridgehead atoms. The average Bonchev–Trinajstić information content (AvgIpc) is 3.07. The van der Waals surface area contributed by atoms with Crippen molar-refractivity contribution in [2.24, 2.45) is 0 Å². The number of amides is 1. The SMILES string of the molecule is CC[C@@H]1C[C@H](N(Cc2cc(C(F)(F)F)cc(C(F)(F)F)c2)c2ccc(OCCOC)cn2)c2cc(C(F)(F)F)ccc2N1C(=O)OCCCC(=O)O. The van der Waals surface area contributed by atoms with Crippen LogP contribution in [-0.2, 0) is 39.3 Å². The van der Waals surface area contributed by atoms with E-state index >= 15 is 0 Å². The number of carbonyl (C=O) groups is 2. The van der Waals surface area contributed by atoms with Crippen molar-refractivity contribution in [1.82, 2.24) is 4.98 Å². The number of aliphatic carboxylic acids is 1. The van der Waals surface area contributed by atoms with Gasteiger partial charge in [0.25, 0.3) is 0 Å². The number of ether oxygens (including phenoxy) is 3. The van der Waals surface area contributed by atoms with Gasteiger partial charge in [0.2, 0.25) is 0 Å². The molecule has 9 nitrogen and oxygen atoms in total. The summed E-state index contributed by atoms with van der Waals surface area (Å²) in [6.45, 7) is 0.993. The lowest BCUT2D eigenvalue weighted by Crippen LogP contribution is -2.48. The van der Waals surface area contributed by atoms with Crippen LogP contribution in [0.15, 0.2) is 54.7 Å². The molecule has 0 radical (unpaired) electrons. The molecule has 4 rings (SSSR count). The molecule has 52 heavy (non-hydrogen) atoms. The zero-order valence-electron chi connectivity index (χ0n) is 27.7. The Morgan fingerprint density at radius 1 is 0.885 bits per heavy atom. The van der Waals surface area contributed by atoms with Crippen molar-refractivity contribution in [3.63, 3.8) is 0 Å². The molecule has 1 N–H and O–H groups in total. The van der Waals surface area contributed by atoms with Crippen molar-refractivity contribution in [1.29, 1.82) is 0 Å². The number of fused-ring (bicyclic) bond motifs is 1. The van der Waals surface area contributed by atoms with Crippen molar-refractivity contribution in [3.8, 4) is 5.75 Å². The number of rotatable bonds is 13. The predicted octanol–water partition coefficient (Wildman–Crippen LogP) is 8.90. The molecule has 3 aromatic rings. The van der Waals surface area contributed by atoms with Crippen molar-refractivity contribution in [3.05, 3.63) is 82.5 Å². The number of carboxylic acids is 1. The van der Waals surface area contributed by atoms with E-state index in [9.17, 15) is 49.1 Å². The van der Waals surface area contributed by atoms with Crippen LogP contribution in [0.4, 0.5) is 55.8 Å². The molecule has 0 unspecified atom stereocenters. The minimum atomic E-state index is -5.17. The fourth-order valence-electron chi connectivity index (χ4n) is 5.78. The van der Waals surface area contributed by atoms with Gasteiger partial charge in [0, 0.05) is 26.1 Å². The summed E-state index contributed by atoms with van der Waals surface area (Å²) in [6.07, 6.45) is -15.3. The number of methoxy groups -OCH3 is 1. The highest BCUT2D eigenvalue weighted by Crippen LogP contribution is 2.46. The molecule has 2 heterocycles. The number of aromatic nitrogens is 1. The maximum atomic E-state index is 14.1. The van der Waals surface area contributed by atoms with Crippen molar-refractivity contribution in [2.75, 3.05) is 36.7 Å². The van der Waals surface area contributed by atoms with Crippen LogP contribution in [0.3, 0.4) is 0 Å². The molecule has 0 aliphatic carbocycles. The largest absolute Gasteiger partial charge is 0.490 e. The molecule has 18 heteroatoms. The molecule has 0 saturated carbocycles. The zero-order valence-corrected chi connectivity index (χ0v) is 27.7. The van der Waals surface area contributed by atoms with Crippen molar-refractivity contribution in [2.45, 2.75) is 69.8 Å². The standard InChI is InChI=1S/C34H34F9N3O6/c1-3-24-17-28(26-16-21(32(35,36)37)6-8-27(26)46(24)31(49)52-10-4-5-30(47)48)45(29-9-7-25(18-44-29)51-12-11-50-2)19-20-13-22(33(38,39)40)15-23(14-20)34(41,42)43/h6-9,13-16,18,24,28H,3-5,10-12,17,19H2,1-2H3,(H,47,48)/t24-,28+/m1/s1. The Kier molecular flexibility index (Phi) is 12.5. The minimum absolute atomic E-state index is 0.0297. The summed E-state index contributed by atoms with van der Waals surface area (Å²) >= 11 is 0. The fraction of sp³-hybridized carbons (Fsp3) is 0.441. The van der Waals surface area contributed by atoms with Gasteiger partial charge in [0.05, 0.1) is 47.8 Å². The topological polar surface area (TPSA) is 101 Å². The van der Waals surface area contributed by atoms with E-state index in [1.54, 1.807) is 6.92 Å². The van der Waals surface area contributed by atoms with E-state index < -0.39 is 71.5 Å². The van der Waals surface area contributed by atoms with Gasteiger partial charge in [-0.1, -0.05) is 6.92 Å². The monoisotopic (exact) mass is 751 g/mol. The van der Waals surface area contributed by atoms with E-state index in [4.69, 9.17) is 19.3 Å². The molecule has 0 fully saturated rings. The highest BCUT2D eigenvalue weighted by Gasteiger charge is 2.42. The van der Waals surface area contributed by atoms with E-state index in [0.29, 0.717) is 12.1 Å². The molecule has 2 aromatic carbocycles. The number of halogens is 9. The van der Waals surface area contributed by atoms with E-state index in [1.165, 1.54) is 30.3 Å². The molecule has 2 atom stereocenters. The number of benzene rings is 2. The first kappa shape index (κ1) is 40.0.